The largest absolute Gasteiger partial charge is 0.304 e. The average Bonchev–Trinajstić information content (AvgIpc) is 3.18. The molecule has 3 heterocycles. The lowest BCUT2D eigenvalue weighted by atomic mass is 9.89. The van der Waals surface area contributed by atoms with Crippen molar-refractivity contribution in [1.82, 2.24) is 24.9 Å². The Morgan fingerprint density at radius 2 is 2.00 bits per heavy atom. The Morgan fingerprint density at radius 1 is 1.20 bits per heavy atom. The summed E-state index contributed by atoms with van der Waals surface area (Å²) in [6.07, 6.45) is 8.57. The van der Waals surface area contributed by atoms with Gasteiger partial charge < -0.3 is 4.90 Å². The standard InChI is InChI=1S/C20H29N5/c1-4-25-11-9-20(10-12-25)13-16(20)5-6-17-7-8-19(22-21-17)18-14-24(3)23-15(18)2/h7-8,14,16H,4-6,9-13H2,1-3H3. The average molecular weight is 339 g/mol. The molecule has 0 radical (unpaired) electrons. The Kier molecular flexibility index (Phi) is 4.36. The van der Waals surface area contributed by atoms with Gasteiger partial charge in [-0.15, -0.1) is 0 Å². The second kappa shape index (κ2) is 6.52. The van der Waals surface area contributed by atoms with Crippen LogP contribution in [0, 0.1) is 18.3 Å². The van der Waals surface area contributed by atoms with Gasteiger partial charge in [-0.05, 0) is 82.1 Å². The number of hydrogen-bond donors (Lipinski definition) is 0. The van der Waals surface area contributed by atoms with E-state index in [4.69, 9.17) is 0 Å². The molecular formula is C20H29N5. The van der Waals surface area contributed by atoms with Crippen LogP contribution in [-0.2, 0) is 13.5 Å². The fourth-order valence-electron chi connectivity index (χ4n) is 4.58. The summed E-state index contributed by atoms with van der Waals surface area (Å²) in [7, 11) is 1.94. The first-order valence-electron chi connectivity index (χ1n) is 9.65. The zero-order valence-corrected chi connectivity index (χ0v) is 15.7. The van der Waals surface area contributed by atoms with Crippen LogP contribution in [0.3, 0.4) is 0 Å². The van der Waals surface area contributed by atoms with Crippen molar-refractivity contribution >= 4 is 0 Å². The van der Waals surface area contributed by atoms with E-state index in [1.54, 1.807) is 0 Å². The third-order valence-electron chi connectivity index (χ3n) is 6.42. The molecule has 1 saturated heterocycles. The molecule has 1 atom stereocenters. The predicted octanol–water partition coefficient (Wildman–Crippen LogP) is 3.24. The van der Waals surface area contributed by atoms with E-state index < -0.39 is 0 Å². The number of hydrogen-bond acceptors (Lipinski definition) is 4. The van der Waals surface area contributed by atoms with Gasteiger partial charge in [0, 0.05) is 18.8 Å². The highest BCUT2D eigenvalue weighted by Gasteiger charge is 2.53. The van der Waals surface area contributed by atoms with Crippen LogP contribution in [0.5, 0.6) is 0 Å². The molecule has 134 valence electrons. The topological polar surface area (TPSA) is 46.8 Å². The lowest BCUT2D eigenvalue weighted by Gasteiger charge is -2.32. The first kappa shape index (κ1) is 16.7. The maximum Gasteiger partial charge on any atom is 0.0964 e. The van der Waals surface area contributed by atoms with Crippen LogP contribution < -0.4 is 0 Å². The zero-order valence-electron chi connectivity index (χ0n) is 15.7. The maximum atomic E-state index is 4.47. The molecule has 0 N–H and O–H groups in total. The van der Waals surface area contributed by atoms with E-state index in [0.717, 1.165) is 35.0 Å². The molecule has 0 amide bonds. The van der Waals surface area contributed by atoms with Crippen LogP contribution in [-0.4, -0.2) is 44.5 Å². The van der Waals surface area contributed by atoms with Crippen LogP contribution in [0.2, 0.25) is 0 Å². The normalized spacial score (nSPS) is 22.4. The highest BCUT2D eigenvalue weighted by molar-refractivity contribution is 5.60. The maximum absolute atomic E-state index is 4.47. The lowest BCUT2D eigenvalue weighted by Crippen LogP contribution is -2.34. The summed E-state index contributed by atoms with van der Waals surface area (Å²) >= 11 is 0. The second-order valence-corrected chi connectivity index (χ2v) is 7.95. The molecule has 1 unspecified atom stereocenters. The van der Waals surface area contributed by atoms with E-state index >= 15 is 0 Å². The van der Waals surface area contributed by atoms with Crippen molar-refractivity contribution in [3.8, 4) is 11.3 Å². The SMILES string of the molecule is CCN1CCC2(CC1)CC2CCc1ccc(-c2cn(C)nc2C)nn1. The van der Waals surface area contributed by atoms with E-state index in [-0.39, 0.29) is 0 Å². The molecule has 2 aliphatic rings. The molecule has 2 fully saturated rings. The summed E-state index contributed by atoms with van der Waals surface area (Å²) in [6.45, 7) is 8.09. The van der Waals surface area contributed by atoms with Gasteiger partial charge in [0.1, 0.15) is 0 Å². The number of aryl methyl sites for hydroxylation is 3. The van der Waals surface area contributed by atoms with Crippen molar-refractivity contribution in [2.45, 2.75) is 46.0 Å². The monoisotopic (exact) mass is 339 g/mol. The Bertz CT molecular complexity index is 725. The molecule has 1 spiro atoms. The van der Waals surface area contributed by atoms with E-state index in [1.165, 1.54) is 45.3 Å². The predicted molar refractivity (Wildman–Crippen MR) is 99.2 cm³/mol. The van der Waals surface area contributed by atoms with Gasteiger partial charge in [-0.3, -0.25) is 4.68 Å². The minimum absolute atomic E-state index is 0.672. The van der Waals surface area contributed by atoms with Gasteiger partial charge in [-0.25, -0.2) is 0 Å². The van der Waals surface area contributed by atoms with Crippen molar-refractivity contribution in [1.29, 1.82) is 0 Å². The molecule has 2 aromatic heterocycles. The summed E-state index contributed by atoms with van der Waals surface area (Å²) in [5.74, 6) is 0.911. The van der Waals surface area contributed by atoms with E-state index in [0.29, 0.717) is 5.41 Å². The van der Waals surface area contributed by atoms with Crippen LogP contribution in [0.15, 0.2) is 18.3 Å². The molecule has 5 nitrogen and oxygen atoms in total. The number of rotatable bonds is 5. The van der Waals surface area contributed by atoms with Gasteiger partial charge in [0.2, 0.25) is 0 Å². The zero-order chi connectivity index (χ0) is 17.4. The van der Waals surface area contributed by atoms with Crippen molar-refractivity contribution in [3.05, 3.63) is 29.7 Å². The molecular weight excluding hydrogens is 310 g/mol. The van der Waals surface area contributed by atoms with E-state index in [1.807, 2.05) is 24.9 Å². The summed E-state index contributed by atoms with van der Waals surface area (Å²) in [6, 6.07) is 4.23. The Balaban J connectivity index is 1.32. The summed E-state index contributed by atoms with van der Waals surface area (Å²) in [5, 5.41) is 13.3. The summed E-state index contributed by atoms with van der Waals surface area (Å²) < 4.78 is 1.83. The van der Waals surface area contributed by atoms with Gasteiger partial charge in [0.05, 0.1) is 17.1 Å². The van der Waals surface area contributed by atoms with Gasteiger partial charge >= 0.3 is 0 Å². The molecule has 1 aliphatic carbocycles. The molecule has 0 bridgehead atoms. The van der Waals surface area contributed by atoms with Crippen molar-refractivity contribution in [3.63, 3.8) is 0 Å². The third kappa shape index (κ3) is 3.34. The Hall–Kier alpha value is -1.75. The number of likely N-dealkylation sites (tertiary alicyclic amines) is 1. The minimum atomic E-state index is 0.672. The van der Waals surface area contributed by atoms with Gasteiger partial charge in [0.25, 0.3) is 0 Å². The van der Waals surface area contributed by atoms with Crippen LogP contribution in [0.25, 0.3) is 11.3 Å². The molecule has 5 heteroatoms. The van der Waals surface area contributed by atoms with Crippen LogP contribution in [0.1, 0.15) is 44.0 Å². The Morgan fingerprint density at radius 3 is 2.60 bits per heavy atom. The first-order chi connectivity index (χ1) is 12.1. The molecule has 4 rings (SSSR count). The number of nitrogens with zero attached hydrogens (tertiary/aromatic N) is 5. The van der Waals surface area contributed by atoms with Gasteiger partial charge in [0.15, 0.2) is 0 Å². The smallest absolute Gasteiger partial charge is 0.0964 e. The van der Waals surface area contributed by atoms with Gasteiger partial charge in [-0.2, -0.15) is 15.3 Å². The van der Waals surface area contributed by atoms with Crippen LogP contribution >= 0.6 is 0 Å². The highest BCUT2D eigenvalue weighted by atomic mass is 15.3. The Labute approximate surface area is 150 Å². The molecule has 1 saturated carbocycles. The molecule has 0 aromatic carbocycles. The number of aromatic nitrogens is 4. The molecule has 1 aliphatic heterocycles. The minimum Gasteiger partial charge on any atom is -0.304 e. The summed E-state index contributed by atoms with van der Waals surface area (Å²) in [4.78, 5) is 2.59. The molecule has 25 heavy (non-hydrogen) atoms. The molecule has 2 aromatic rings. The third-order valence-corrected chi connectivity index (χ3v) is 6.42. The fraction of sp³-hybridized carbons (Fsp3) is 0.650. The van der Waals surface area contributed by atoms with E-state index in [2.05, 4.69) is 39.3 Å². The van der Waals surface area contributed by atoms with Crippen molar-refractivity contribution in [2.75, 3.05) is 19.6 Å². The summed E-state index contributed by atoms with van der Waals surface area (Å²) in [5.41, 5.74) is 4.79. The van der Waals surface area contributed by atoms with Crippen LogP contribution in [0.4, 0.5) is 0 Å². The quantitative estimate of drug-likeness (QED) is 0.839. The highest BCUT2D eigenvalue weighted by Crippen LogP contribution is 2.61. The first-order valence-corrected chi connectivity index (χ1v) is 9.65. The van der Waals surface area contributed by atoms with E-state index in [9.17, 15) is 0 Å². The second-order valence-electron chi connectivity index (χ2n) is 7.95. The fourth-order valence-corrected chi connectivity index (χ4v) is 4.58. The lowest BCUT2D eigenvalue weighted by molar-refractivity contribution is 0.168. The van der Waals surface area contributed by atoms with Gasteiger partial charge in [-0.1, -0.05) is 6.92 Å². The van der Waals surface area contributed by atoms with Crippen molar-refractivity contribution in [2.24, 2.45) is 18.4 Å². The number of piperidine rings is 1. The van der Waals surface area contributed by atoms with Crippen molar-refractivity contribution < 1.29 is 0 Å².